The van der Waals surface area contributed by atoms with Crippen molar-refractivity contribution in [2.45, 2.75) is 11.8 Å². The van der Waals surface area contributed by atoms with E-state index in [-0.39, 0.29) is 16.4 Å². The summed E-state index contributed by atoms with van der Waals surface area (Å²) in [4.78, 5) is 12.1. The second-order valence-corrected chi connectivity index (χ2v) is 7.49. The van der Waals surface area contributed by atoms with Crippen LogP contribution in [0.25, 0.3) is 5.57 Å². The number of rotatable bonds is 6. The molecule has 26 heavy (non-hydrogen) atoms. The van der Waals surface area contributed by atoms with E-state index in [2.05, 4.69) is 6.58 Å². The Morgan fingerprint density at radius 1 is 1.08 bits per heavy atom. The summed E-state index contributed by atoms with van der Waals surface area (Å²) in [5, 5.41) is 0. The van der Waals surface area contributed by atoms with Gasteiger partial charge in [-0.3, -0.25) is 4.79 Å². The summed E-state index contributed by atoms with van der Waals surface area (Å²) in [5.41, 5.74) is 0.780. The molecule has 0 fully saturated rings. The van der Waals surface area contributed by atoms with E-state index < -0.39 is 27.3 Å². The minimum atomic E-state index is -3.36. The molecular formula is C19H16F2O4S. The first kappa shape index (κ1) is 19.5. The summed E-state index contributed by atoms with van der Waals surface area (Å²) >= 11 is 0. The molecule has 0 spiro atoms. The molecule has 7 heteroatoms. The Labute approximate surface area is 150 Å². The van der Waals surface area contributed by atoms with Gasteiger partial charge in [0.25, 0.3) is 0 Å². The first-order valence-electron chi connectivity index (χ1n) is 7.44. The third-order valence-electron chi connectivity index (χ3n) is 3.47. The molecule has 0 bridgehead atoms. The Bertz CT molecular complexity index is 991. The van der Waals surface area contributed by atoms with Crippen molar-refractivity contribution < 1.29 is 26.7 Å². The van der Waals surface area contributed by atoms with E-state index in [0.29, 0.717) is 11.1 Å². The smallest absolute Gasteiger partial charge is 0.195 e. The summed E-state index contributed by atoms with van der Waals surface area (Å²) in [6.45, 7) is 4.90. The number of hydrogen-bond donors (Lipinski definition) is 0. The number of benzene rings is 2. The number of halogens is 2. The molecule has 0 atom stereocenters. The van der Waals surface area contributed by atoms with Gasteiger partial charge in [0.2, 0.25) is 0 Å². The Morgan fingerprint density at radius 3 is 2.15 bits per heavy atom. The van der Waals surface area contributed by atoms with Crippen molar-refractivity contribution in [1.82, 2.24) is 0 Å². The first-order valence-corrected chi connectivity index (χ1v) is 9.33. The third kappa shape index (κ3) is 4.43. The maximum absolute atomic E-state index is 13.4. The molecule has 0 saturated heterocycles. The third-order valence-corrected chi connectivity index (χ3v) is 4.60. The van der Waals surface area contributed by atoms with Crippen molar-refractivity contribution in [2.75, 3.05) is 6.26 Å². The highest BCUT2D eigenvalue weighted by molar-refractivity contribution is 7.90. The minimum absolute atomic E-state index is 0.0544. The highest BCUT2D eigenvalue weighted by atomic mass is 32.2. The van der Waals surface area contributed by atoms with Crippen LogP contribution in [0.2, 0.25) is 0 Å². The number of ketones is 1. The number of carbonyl (C=O) groups excluding carboxylic acids is 1. The Balaban J connectivity index is 2.51. The average Bonchev–Trinajstić information content (AvgIpc) is 2.57. The van der Waals surface area contributed by atoms with Crippen LogP contribution in [-0.4, -0.2) is 20.5 Å². The molecule has 0 amide bonds. The van der Waals surface area contributed by atoms with Gasteiger partial charge in [0, 0.05) is 24.8 Å². The van der Waals surface area contributed by atoms with Crippen LogP contribution < -0.4 is 4.74 Å². The first-order chi connectivity index (χ1) is 12.1. The zero-order valence-corrected chi connectivity index (χ0v) is 14.9. The van der Waals surface area contributed by atoms with Gasteiger partial charge in [0.05, 0.1) is 4.90 Å². The van der Waals surface area contributed by atoms with E-state index in [1.54, 1.807) is 0 Å². The molecule has 136 valence electrons. The fourth-order valence-electron chi connectivity index (χ4n) is 2.20. The molecule has 4 nitrogen and oxygen atoms in total. The van der Waals surface area contributed by atoms with Gasteiger partial charge < -0.3 is 4.74 Å². The van der Waals surface area contributed by atoms with E-state index in [1.807, 2.05) is 0 Å². The van der Waals surface area contributed by atoms with Gasteiger partial charge in [-0.25, -0.2) is 17.2 Å². The molecule has 0 unspecified atom stereocenters. The van der Waals surface area contributed by atoms with Crippen LogP contribution in [0.4, 0.5) is 8.78 Å². The number of sulfone groups is 1. The van der Waals surface area contributed by atoms with Crippen LogP contribution in [0.1, 0.15) is 12.5 Å². The van der Waals surface area contributed by atoms with Gasteiger partial charge in [-0.1, -0.05) is 24.8 Å². The van der Waals surface area contributed by atoms with Gasteiger partial charge in [0.1, 0.15) is 5.75 Å². The van der Waals surface area contributed by atoms with Crippen molar-refractivity contribution >= 4 is 21.2 Å². The highest BCUT2D eigenvalue weighted by Crippen LogP contribution is 2.26. The lowest BCUT2D eigenvalue weighted by atomic mass is 10.0. The van der Waals surface area contributed by atoms with Crippen molar-refractivity contribution in [2.24, 2.45) is 0 Å². The monoisotopic (exact) mass is 378 g/mol. The minimum Gasteiger partial charge on any atom is -0.453 e. The molecule has 0 radical (unpaired) electrons. The number of ether oxygens (including phenoxy) is 1. The van der Waals surface area contributed by atoms with Gasteiger partial charge in [-0.2, -0.15) is 0 Å². The predicted octanol–water partition coefficient (Wildman–Crippen LogP) is 3.93. The molecular weight excluding hydrogens is 362 g/mol. The van der Waals surface area contributed by atoms with Crippen LogP contribution in [0.15, 0.2) is 65.8 Å². The number of allylic oxidation sites excluding steroid dienone is 3. The van der Waals surface area contributed by atoms with Gasteiger partial charge in [-0.05, 0) is 29.8 Å². The van der Waals surface area contributed by atoms with Gasteiger partial charge >= 0.3 is 0 Å². The number of carbonyl (C=O) groups is 1. The maximum Gasteiger partial charge on any atom is 0.195 e. The van der Waals surface area contributed by atoms with Crippen LogP contribution in [0.5, 0.6) is 5.75 Å². The van der Waals surface area contributed by atoms with E-state index in [0.717, 1.165) is 18.4 Å². The topological polar surface area (TPSA) is 60.4 Å². The van der Waals surface area contributed by atoms with E-state index in [9.17, 15) is 22.0 Å². The molecule has 0 aliphatic carbocycles. The summed E-state index contributed by atoms with van der Waals surface area (Å²) in [7, 11) is -3.36. The fraction of sp³-hybridized carbons (Fsp3) is 0.105. The van der Waals surface area contributed by atoms with Crippen LogP contribution in [0.3, 0.4) is 0 Å². The molecule has 0 aliphatic rings. The van der Waals surface area contributed by atoms with Crippen LogP contribution >= 0.6 is 0 Å². The van der Waals surface area contributed by atoms with Crippen molar-refractivity contribution in [3.63, 3.8) is 0 Å². The zero-order valence-electron chi connectivity index (χ0n) is 14.1. The molecule has 2 rings (SSSR count). The highest BCUT2D eigenvalue weighted by Gasteiger charge is 2.16. The normalized spacial score (nSPS) is 12.3. The second-order valence-electron chi connectivity index (χ2n) is 5.48. The van der Waals surface area contributed by atoms with Crippen molar-refractivity contribution in [1.29, 1.82) is 0 Å². The van der Waals surface area contributed by atoms with E-state index >= 15 is 0 Å². The fourth-order valence-corrected chi connectivity index (χ4v) is 2.83. The van der Waals surface area contributed by atoms with Crippen LogP contribution in [-0.2, 0) is 14.6 Å². The Morgan fingerprint density at radius 2 is 1.69 bits per heavy atom. The molecule has 0 aromatic heterocycles. The Kier molecular flexibility index (Phi) is 5.72. The standard InChI is InChI=1S/C19H16F2O4S/c1-4-16(13-5-8-15(9-6-13)26(3,23)24)19(12(2)22)25-14-7-10-17(20)18(21)11-14/h4-11H,1H2,2-3H3/b19-16-. The van der Waals surface area contributed by atoms with Crippen molar-refractivity contribution in [3.05, 3.63) is 78.1 Å². The Hall–Kier alpha value is -2.80. The molecule has 0 aliphatic heterocycles. The SMILES string of the molecule is C=C/C(=C(/Oc1ccc(F)c(F)c1)C(C)=O)c1ccc(S(C)(=O)=O)cc1. The van der Waals surface area contributed by atoms with Crippen LogP contribution in [0, 0.1) is 11.6 Å². The number of Topliss-reactive ketones (excluding diaryl/α,β-unsaturated/α-hetero) is 1. The van der Waals surface area contributed by atoms with E-state index in [4.69, 9.17) is 4.74 Å². The largest absolute Gasteiger partial charge is 0.453 e. The average molecular weight is 378 g/mol. The quantitative estimate of drug-likeness (QED) is 0.434. The second kappa shape index (κ2) is 7.61. The summed E-state index contributed by atoms with van der Waals surface area (Å²) < 4.78 is 55.0. The summed E-state index contributed by atoms with van der Waals surface area (Å²) in [6, 6.07) is 8.69. The molecule has 0 N–H and O–H groups in total. The maximum atomic E-state index is 13.4. The lowest BCUT2D eigenvalue weighted by molar-refractivity contribution is -0.115. The molecule has 0 heterocycles. The van der Waals surface area contributed by atoms with Crippen molar-refractivity contribution in [3.8, 4) is 5.75 Å². The lowest BCUT2D eigenvalue weighted by Gasteiger charge is -2.13. The van der Waals surface area contributed by atoms with Gasteiger partial charge in [-0.15, -0.1) is 0 Å². The van der Waals surface area contributed by atoms with E-state index in [1.165, 1.54) is 43.3 Å². The number of hydrogen-bond acceptors (Lipinski definition) is 4. The molecule has 2 aromatic carbocycles. The predicted molar refractivity (Wildman–Crippen MR) is 94.3 cm³/mol. The summed E-state index contributed by atoms with van der Waals surface area (Å²) in [5.74, 6) is -2.79. The molecule has 0 saturated carbocycles. The summed E-state index contributed by atoms with van der Waals surface area (Å²) in [6.07, 6.45) is 2.45. The zero-order chi connectivity index (χ0) is 19.5. The molecule has 2 aromatic rings. The lowest BCUT2D eigenvalue weighted by Crippen LogP contribution is -2.08. The van der Waals surface area contributed by atoms with Gasteiger partial charge in [0.15, 0.2) is 33.0 Å².